The summed E-state index contributed by atoms with van der Waals surface area (Å²) in [7, 11) is 0. The van der Waals surface area contributed by atoms with Crippen molar-refractivity contribution >= 4 is 5.97 Å². The normalized spacial score (nSPS) is 12.4. The van der Waals surface area contributed by atoms with Gasteiger partial charge in [-0.15, -0.1) is 0 Å². The van der Waals surface area contributed by atoms with E-state index in [4.69, 9.17) is 4.74 Å². The van der Waals surface area contributed by atoms with Crippen LogP contribution >= 0.6 is 0 Å². The van der Waals surface area contributed by atoms with Gasteiger partial charge >= 0.3 is 5.97 Å². The van der Waals surface area contributed by atoms with Crippen molar-refractivity contribution in [2.24, 2.45) is 0 Å². The van der Waals surface area contributed by atoms with Gasteiger partial charge in [-0.2, -0.15) is 0 Å². The number of esters is 1. The molecule has 0 radical (unpaired) electrons. The molecule has 3 heteroatoms. The Bertz CT molecular complexity index is 569. The fourth-order valence-electron chi connectivity index (χ4n) is 3.12. The fourth-order valence-corrected chi connectivity index (χ4v) is 3.12. The number of ether oxygens (including phenoxy) is 1. The Hall–Kier alpha value is -2.13. The summed E-state index contributed by atoms with van der Waals surface area (Å²) in [5.41, 5.74) is 1.94. The molecule has 0 heterocycles. The zero-order valence-electron chi connectivity index (χ0n) is 14.9. The average molecular weight is 326 g/mol. The summed E-state index contributed by atoms with van der Waals surface area (Å²) in [6.07, 6.45) is 0.724. The van der Waals surface area contributed by atoms with Crippen molar-refractivity contribution in [1.82, 2.24) is 0 Å². The van der Waals surface area contributed by atoms with E-state index in [0.717, 1.165) is 30.6 Å². The molecule has 0 aromatic heterocycles. The lowest BCUT2D eigenvalue weighted by atomic mass is 9.91. The monoisotopic (exact) mass is 326 g/mol. The SMILES string of the molecule is CC[C@@H](OC(=O)C(c1ccccc1)c1ccccc1)[NH+](CC)CC. The molecule has 24 heavy (non-hydrogen) atoms. The molecule has 2 aromatic rings. The molecule has 0 fully saturated rings. The van der Waals surface area contributed by atoms with E-state index in [1.54, 1.807) is 0 Å². The van der Waals surface area contributed by atoms with E-state index >= 15 is 0 Å². The van der Waals surface area contributed by atoms with Gasteiger partial charge in [-0.1, -0.05) is 67.6 Å². The zero-order valence-corrected chi connectivity index (χ0v) is 14.9. The molecule has 0 unspecified atom stereocenters. The van der Waals surface area contributed by atoms with Gasteiger partial charge in [0.05, 0.1) is 13.1 Å². The maximum absolute atomic E-state index is 13.0. The summed E-state index contributed by atoms with van der Waals surface area (Å²) in [6.45, 7) is 8.22. The minimum absolute atomic E-state index is 0.0950. The van der Waals surface area contributed by atoms with E-state index in [0.29, 0.717) is 0 Å². The number of hydrogen-bond acceptors (Lipinski definition) is 2. The third-order valence-corrected chi connectivity index (χ3v) is 4.49. The van der Waals surface area contributed by atoms with E-state index in [2.05, 4.69) is 20.8 Å². The molecule has 0 aliphatic heterocycles. The molecular formula is C21H28NO2+. The number of nitrogens with one attached hydrogen (secondary N) is 1. The van der Waals surface area contributed by atoms with E-state index in [1.165, 1.54) is 4.90 Å². The first-order chi connectivity index (χ1) is 11.7. The summed E-state index contributed by atoms with van der Waals surface area (Å²) < 4.78 is 5.94. The van der Waals surface area contributed by atoms with Gasteiger partial charge < -0.3 is 9.64 Å². The Morgan fingerprint density at radius 3 is 1.71 bits per heavy atom. The minimum Gasteiger partial charge on any atom is -0.412 e. The Balaban J connectivity index is 2.29. The summed E-state index contributed by atoms with van der Waals surface area (Å²) in [6, 6.07) is 19.7. The second kappa shape index (κ2) is 9.24. The Labute approximate surface area is 145 Å². The molecule has 0 amide bonds. The van der Waals surface area contributed by atoms with Crippen LogP contribution in [0.15, 0.2) is 60.7 Å². The van der Waals surface area contributed by atoms with Gasteiger partial charge in [-0.05, 0) is 25.0 Å². The van der Waals surface area contributed by atoms with Crippen molar-refractivity contribution in [3.8, 4) is 0 Å². The number of hydrogen-bond donors (Lipinski definition) is 1. The molecule has 0 aliphatic rings. The van der Waals surface area contributed by atoms with Crippen LogP contribution in [0.3, 0.4) is 0 Å². The van der Waals surface area contributed by atoms with Crippen LogP contribution in [0, 0.1) is 0 Å². The van der Waals surface area contributed by atoms with Crippen LogP contribution in [0.25, 0.3) is 0 Å². The molecule has 0 aliphatic carbocycles. The summed E-state index contributed by atoms with van der Waals surface area (Å²) >= 11 is 0. The highest BCUT2D eigenvalue weighted by atomic mass is 16.6. The average Bonchev–Trinajstić information content (AvgIpc) is 2.63. The summed E-state index contributed by atoms with van der Waals surface area (Å²) in [5.74, 6) is -0.546. The zero-order chi connectivity index (χ0) is 17.4. The van der Waals surface area contributed by atoms with Crippen LogP contribution in [0.4, 0.5) is 0 Å². The van der Waals surface area contributed by atoms with Crippen LogP contribution in [0.5, 0.6) is 0 Å². The molecule has 0 spiro atoms. The first kappa shape index (κ1) is 18.2. The molecule has 1 N–H and O–H groups in total. The Morgan fingerprint density at radius 2 is 1.33 bits per heavy atom. The second-order valence-corrected chi connectivity index (χ2v) is 5.95. The number of benzene rings is 2. The summed E-state index contributed by atoms with van der Waals surface area (Å²) in [4.78, 5) is 14.3. The highest BCUT2D eigenvalue weighted by molar-refractivity contribution is 5.82. The van der Waals surface area contributed by atoms with Crippen molar-refractivity contribution in [2.75, 3.05) is 13.1 Å². The molecule has 0 saturated carbocycles. The number of quaternary nitrogens is 1. The third-order valence-electron chi connectivity index (χ3n) is 4.49. The van der Waals surface area contributed by atoms with Crippen LogP contribution in [-0.2, 0) is 9.53 Å². The first-order valence-electron chi connectivity index (χ1n) is 8.86. The molecule has 1 atom stereocenters. The van der Waals surface area contributed by atoms with Crippen LogP contribution in [0.2, 0.25) is 0 Å². The third kappa shape index (κ3) is 4.45. The van der Waals surface area contributed by atoms with Crippen molar-refractivity contribution < 1.29 is 14.4 Å². The van der Waals surface area contributed by atoms with Crippen molar-refractivity contribution in [2.45, 2.75) is 39.3 Å². The molecule has 0 saturated heterocycles. The van der Waals surface area contributed by atoms with Gasteiger partial charge in [0.1, 0.15) is 5.92 Å². The Morgan fingerprint density at radius 1 is 0.875 bits per heavy atom. The van der Waals surface area contributed by atoms with Gasteiger partial charge in [-0.3, -0.25) is 4.79 Å². The quantitative estimate of drug-likeness (QED) is 0.597. The van der Waals surface area contributed by atoms with Gasteiger partial charge in [0.15, 0.2) is 0 Å². The largest absolute Gasteiger partial charge is 0.412 e. The van der Waals surface area contributed by atoms with Crippen LogP contribution in [0.1, 0.15) is 44.2 Å². The van der Waals surface area contributed by atoms with E-state index in [-0.39, 0.29) is 18.1 Å². The Kier molecular flexibility index (Phi) is 7.01. The van der Waals surface area contributed by atoms with Gasteiger partial charge in [0.25, 0.3) is 0 Å². The van der Waals surface area contributed by atoms with Crippen LogP contribution in [-0.4, -0.2) is 25.3 Å². The fraction of sp³-hybridized carbons (Fsp3) is 0.381. The lowest BCUT2D eigenvalue weighted by Gasteiger charge is -2.27. The van der Waals surface area contributed by atoms with E-state index in [9.17, 15) is 4.79 Å². The maximum atomic E-state index is 13.0. The molecule has 2 aromatic carbocycles. The predicted molar refractivity (Wildman–Crippen MR) is 96.9 cm³/mol. The second-order valence-electron chi connectivity index (χ2n) is 5.95. The standard InChI is InChI=1S/C21H27NO2/c1-4-19(22(5-2)6-3)24-21(23)20(17-13-9-7-10-14-17)18-15-11-8-12-16-18/h7-16,19-20H,4-6H2,1-3H3/p+1/t19-/m1/s1. The molecular weight excluding hydrogens is 298 g/mol. The highest BCUT2D eigenvalue weighted by Crippen LogP contribution is 2.26. The predicted octanol–water partition coefficient (Wildman–Crippen LogP) is 3.02. The smallest absolute Gasteiger partial charge is 0.322 e. The number of rotatable bonds is 8. The lowest BCUT2D eigenvalue weighted by Crippen LogP contribution is -3.15. The van der Waals surface area contributed by atoms with Gasteiger partial charge in [0.2, 0.25) is 6.23 Å². The van der Waals surface area contributed by atoms with E-state index in [1.807, 2.05) is 60.7 Å². The molecule has 3 nitrogen and oxygen atoms in total. The minimum atomic E-state index is -0.378. The van der Waals surface area contributed by atoms with Crippen molar-refractivity contribution in [3.63, 3.8) is 0 Å². The van der Waals surface area contributed by atoms with Crippen molar-refractivity contribution in [3.05, 3.63) is 71.8 Å². The number of carbonyl (C=O) groups is 1. The van der Waals surface area contributed by atoms with E-state index < -0.39 is 0 Å². The highest BCUT2D eigenvalue weighted by Gasteiger charge is 2.29. The maximum Gasteiger partial charge on any atom is 0.322 e. The molecule has 128 valence electrons. The topological polar surface area (TPSA) is 30.7 Å². The summed E-state index contributed by atoms with van der Waals surface area (Å²) in [5, 5.41) is 0. The first-order valence-corrected chi connectivity index (χ1v) is 8.86. The van der Waals surface area contributed by atoms with Gasteiger partial charge in [0, 0.05) is 6.42 Å². The van der Waals surface area contributed by atoms with Crippen LogP contribution < -0.4 is 4.90 Å². The molecule has 2 rings (SSSR count). The number of carbonyl (C=O) groups excluding carboxylic acids is 1. The van der Waals surface area contributed by atoms with Crippen molar-refractivity contribution in [1.29, 1.82) is 0 Å². The molecule has 0 bridgehead atoms. The lowest BCUT2D eigenvalue weighted by molar-refractivity contribution is -0.942. The van der Waals surface area contributed by atoms with Gasteiger partial charge in [-0.25, -0.2) is 0 Å².